The van der Waals surface area contributed by atoms with Gasteiger partial charge in [0, 0.05) is 10.7 Å². The molecule has 1 aromatic carbocycles. The number of aryl methyl sites for hydroxylation is 1. The van der Waals surface area contributed by atoms with Gasteiger partial charge >= 0.3 is 0 Å². The average Bonchev–Trinajstić information content (AvgIpc) is 2.39. The molecule has 19 heavy (non-hydrogen) atoms. The number of nitrogens with one attached hydrogen (secondary N) is 1. The van der Waals surface area contributed by atoms with Gasteiger partial charge in [0.05, 0.1) is 5.92 Å². The van der Waals surface area contributed by atoms with Crippen LogP contribution >= 0.6 is 11.6 Å². The number of hydrogen-bond acceptors (Lipinski definition) is 3. The van der Waals surface area contributed by atoms with E-state index in [4.69, 9.17) is 22.5 Å². The van der Waals surface area contributed by atoms with Crippen molar-refractivity contribution in [2.45, 2.75) is 26.7 Å². The number of benzene rings is 1. The van der Waals surface area contributed by atoms with E-state index in [2.05, 4.69) is 10.5 Å². The fourth-order valence-corrected chi connectivity index (χ4v) is 1.85. The first-order valence-corrected chi connectivity index (χ1v) is 6.41. The Hall–Kier alpha value is -1.75. The molecule has 0 aliphatic heterocycles. The third-order valence-corrected chi connectivity index (χ3v) is 3.21. The van der Waals surface area contributed by atoms with Crippen LogP contribution in [0, 0.1) is 12.8 Å². The SMILES string of the molecule is CCCC(C(=O)Nc1ccc(C)c(Cl)c1)C(N)=NO. The van der Waals surface area contributed by atoms with Gasteiger partial charge in [-0.1, -0.05) is 36.2 Å². The lowest BCUT2D eigenvalue weighted by Gasteiger charge is -2.15. The third-order valence-electron chi connectivity index (χ3n) is 2.81. The maximum Gasteiger partial charge on any atom is 0.235 e. The lowest BCUT2D eigenvalue weighted by molar-refractivity contribution is -0.118. The summed E-state index contributed by atoms with van der Waals surface area (Å²) in [5.41, 5.74) is 7.05. The zero-order valence-corrected chi connectivity index (χ0v) is 11.7. The van der Waals surface area contributed by atoms with Crippen molar-refractivity contribution in [3.8, 4) is 0 Å². The Morgan fingerprint density at radius 3 is 2.79 bits per heavy atom. The van der Waals surface area contributed by atoms with Gasteiger partial charge in [0.25, 0.3) is 0 Å². The minimum absolute atomic E-state index is 0.0856. The molecule has 1 rings (SSSR count). The lowest BCUT2D eigenvalue weighted by atomic mass is 10.0. The average molecular weight is 284 g/mol. The summed E-state index contributed by atoms with van der Waals surface area (Å²) in [5, 5.41) is 14.9. The van der Waals surface area contributed by atoms with Crippen molar-refractivity contribution in [2.24, 2.45) is 16.8 Å². The van der Waals surface area contributed by atoms with Crippen molar-refractivity contribution >= 4 is 29.0 Å². The second-order valence-corrected chi connectivity index (χ2v) is 4.73. The number of halogens is 1. The first-order valence-electron chi connectivity index (χ1n) is 6.04. The van der Waals surface area contributed by atoms with Gasteiger partial charge in [-0.05, 0) is 31.0 Å². The van der Waals surface area contributed by atoms with Crippen LogP contribution in [0.3, 0.4) is 0 Å². The van der Waals surface area contributed by atoms with E-state index in [0.717, 1.165) is 12.0 Å². The Morgan fingerprint density at radius 1 is 1.58 bits per heavy atom. The van der Waals surface area contributed by atoms with E-state index in [9.17, 15) is 4.79 Å². The number of oxime groups is 1. The molecule has 1 aromatic rings. The van der Waals surface area contributed by atoms with Crippen LogP contribution in [0.15, 0.2) is 23.4 Å². The Labute approximate surface area is 117 Å². The molecule has 0 saturated carbocycles. The molecule has 1 atom stereocenters. The summed E-state index contributed by atoms with van der Waals surface area (Å²) in [4.78, 5) is 12.1. The molecule has 0 aromatic heterocycles. The number of rotatable bonds is 5. The van der Waals surface area contributed by atoms with Gasteiger partial charge < -0.3 is 16.3 Å². The Kier molecular flexibility index (Phi) is 5.63. The summed E-state index contributed by atoms with van der Waals surface area (Å²) in [6.45, 7) is 3.80. The summed E-state index contributed by atoms with van der Waals surface area (Å²) >= 11 is 5.99. The molecule has 0 bridgehead atoms. The predicted molar refractivity (Wildman–Crippen MR) is 76.6 cm³/mol. The van der Waals surface area contributed by atoms with Crippen molar-refractivity contribution < 1.29 is 10.0 Å². The summed E-state index contributed by atoms with van der Waals surface area (Å²) in [6.07, 6.45) is 1.27. The Morgan fingerprint density at radius 2 is 2.26 bits per heavy atom. The highest BCUT2D eigenvalue weighted by molar-refractivity contribution is 6.31. The molecule has 4 N–H and O–H groups in total. The molecule has 0 radical (unpaired) electrons. The maximum absolute atomic E-state index is 12.1. The highest BCUT2D eigenvalue weighted by Crippen LogP contribution is 2.21. The number of nitrogens with two attached hydrogens (primary N) is 1. The predicted octanol–water partition coefficient (Wildman–Crippen LogP) is 2.75. The summed E-state index contributed by atoms with van der Waals surface area (Å²) in [6, 6.07) is 5.24. The summed E-state index contributed by atoms with van der Waals surface area (Å²) in [7, 11) is 0. The number of carbonyl (C=O) groups excluding carboxylic acids is 1. The van der Waals surface area contributed by atoms with Crippen LogP contribution in [0.2, 0.25) is 5.02 Å². The van der Waals surface area contributed by atoms with Crippen LogP contribution < -0.4 is 11.1 Å². The van der Waals surface area contributed by atoms with Gasteiger partial charge in [-0.3, -0.25) is 4.79 Å². The fraction of sp³-hybridized carbons (Fsp3) is 0.385. The van der Waals surface area contributed by atoms with E-state index in [1.165, 1.54) is 0 Å². The standard InChI is InChI=1S/C13H18ClN3O2/c1-3-4-10(12(15)17-19)13(18)16-9-6-5-8(2)11(14)7-9/h5-7,10,19H,3-4H2,1-2H3,(H2,15,17)(H,16,18). The fourth-order valence-electron chi connectivity index (χ4n) is 1.67. The molecule has 0 saturated heterocycles. The number of amidine groups is 1. The Bertz CT molecular complexity index is 489. The van der Waals surface area contributed by atoms with Gasteiger partial charge in [-0.25, -0.2) is 0 Å². The zero-order valence-electron chi connectivity index (χ0n) is 11.0. The van der Waals surface area contributed by atoms with Gasteiger partial charge in [-0.2, -0.15) is 0 Å². The molecule has 1 amide bonds. The highest BCUT2D eigenvalue weighted by atomic mass is 35.5. The first kappa shape index (κ1) is 15.3. The van der Waals surface area contributed by atoms with E-state index >= 15 is 0 Å². The summed E-state index contributed by atoms with van der Waals surface area (Å²) in [5.74, 6) is -1.04. The van der Waals surface area contributed by atoms with E-state index in [0.29, 0.717) is 17.1 Å². The molecule has 0 fully saturated rings. The topological polar surface area (TPSA) is 87.7 Å². The minimum Gasteiger partial charge on any atom is -0.409 e. The van der Waals surface area contributed by atoms with Crippen molar-refractivity contribution in [1.29, 1.82) is 0 Å². The van der Waals surface area contributed by atoms with E-state index in [1.54, 1.807) is 12.1 Å². The molecule has 0 aliphatic carbocycles. The molecule has 1 unspecified atom stereocenters. The van der Waals surface area contributed by atoms with E-state index in [-0.39, 0.29) is 11.7 Å². The second-order valence-electron chi connectivity index (χ2n) is 4.32. The number of carbonyl (C=O) groups is 1. The van der Waals surface area contributed by atoms with Crippen LogP contribution in [-0.2, 0) is 4.79 Å². The monoisotopic (exact) mass is 283 g/mol. The minimum atomic E-state index is -0.643. The van der Waals surface area contributed by atoms with Crippen LogP contribution in [0.25, 0.3) is 0 Å². The third kappa shape index (κ3) is 4.13. The van der Waals surface area contributed by atoms with Gasteiger partial charge in [0.1, 0.15) is 0 Å². The van der Waals surface area contributed by atoms with Crippen molar-refractivity contribution in [1.82, 2.24) is 0 Å². The van der Waals surface area contributed by atoms with Gasteiger partial charge in [-0.15, -0.1) is 0 Å². The van der Waals surface area contributed by atoms with E-state index < -0.39 is 5.92 Å². The maximum atomic E-state index is 12.1. The lowest BCUT2D eigenvalue weighted by Crippen LogP contribution is -2.34. The largest absolute Gasteiger partial charge is 0.409 e. The first-order chi connectivity index (χ1) is 8.99. The quantitative estimate of drug-likeness (QED) is 0.336. The van der Waals surface area contributed by atoms with Crippen molar-refractivity contribution in [2.75, 3.05) is 5.32 Å². The number of nitrogens with zero attached hydrogens (tertiary/aromatic N) is 1. The Balaban J connectivity index is 2.84. The van der Waals surface area contributed by atoms with Crippen LogP contribution in [0.5, 0.6) is 0 Å². The molecule has 5 nitrogen and oxygen atoms in total. The molecule has 0 heterocycles. The van der Waals surface area contributed by atoms with Crippen molar-refractivity contribution in [3.63, 3.8) is 0 Å². The smallest absolute Gasteiger partial charge is 0.235 e. The molecule has 6 heteroatoms. The number of amides is 1. The molecular formula is C13H18ClN3O2. The highest BCUT2D eigenvalue weighted by Gasteiger charge is 2.22. The van der Waals surface area contributed by atoms with Gasteiger partial charge in [0.2, 0.25) is 5.91 Å². The molecular weight excluding hydrogens is 266 g/mol. The summed E-state index contributed by atoms with van der Waals surface area (Å²) < 4.78 is 0. The van der Waals surface area contributed by atoms with E-state index in [1.807, 2.05) is 19.9 Å². The number of anilines is 1. The van der Waals surface area contributed by atoms with Crippen LogP contribution in [0.4, 0.5) is 5.69 Å². The van der Waals surface area contributed by atoms with Crippen LogP contribution in [-0.4, -0.2) is 17.0 Å². The number of hydrogen-bond donors (Lipinski definition) is 3. The molecule has 0 spiro atoms. The van der Waals surface area contributed by atoms with Gasteiger partial charge in [0.15, 0.2) is 5.84 Å². The zero-order chi connectivity index (χ0) is 14.4. The second kappa shape index (κ2) is 6.99. The van der Waals surface area contributed by atoms with Crippen molar-refractivity contribution in [3.05, 3.63) is 28.8 Å². The van der Waals surface area contributed by atoms with Crippen LogP contribution in [0.1, 0.15) is 25.3 Å². The normalized spacial score (nSPS) is 13.1. The molecule has 0 aliphatic rings. The molecule has 104 valence electrons.